The topological polar surface area (TPSA) is 12.4 Å². The first-order valence-electron chi connectivity index (χ1n) is 5.20. The van der Waals surface area contributed by atoms with Crippen molar-refractivity contribution < 1.29 is 0 Å². The van der Waals surface area contributed by atoms with Crippen LogP contribution in [-0.2, 0) is 0 Å². The van der Waals surface area contributed by atoms with Gasteiger partial charge in [-0.2, -0.15) is 0 Å². The van der Waals surface area contributed by atoms with Crippen molar-refractivity contribution in [1.82, 2.24) is 0 Å². The summed E-state index contributed by atoms with van der Waals surface area (Å²) in [4.78, 5) is 4.06. The standard InChI is InChI=1S/C14H21N/c1-7-12(10-15-6)14(9-3)13(8-2)11(4)5/h8-10H,2-3,7H2,1,4-6H3/b14-12+,15-10?. The summed E-state index contributed by atoms with van der Waals surface area (Å²) in [6.07, 6.45) is 6.60. The summed E-state index contributed by atoms with van der Waals surface area (Å²) in [7, 11) is 1.78. The predicted octanol–water partition coefficient (Wildman–Crippen LogP) is 4.10. The lowest BCUT2D eigenvalue weighted by molar-refractivity contribution is 1.15. The van der Waals surface area contributed by atoms with Gasteiger partial charge in [-0.05, 0) is 37.0 Å². The number of hydrogen-bond acceptors (Lipinski definition) is 1. The Morgan fingerprint density at radius 2 is 1.67 bits per heavy atom. The second-order valence-electron chi connectivity index (χ2n) is 3.50. The van der Waals surface area contributed by atoms with Crippen molar-refractivity contribution in [1.29, 1.82) is 0 Å². The number of allylic oxidation sites excluding steroid dienone is 6. The molecule has 0 aromatic carbocycles. The van der Waals surface area contributed by atoms with E-state index in [1.54, 1.807) is 7.05 Å². The predicted molar refractivity (Wildman–Crippen MR) is 70.5 cm³/mol. The van der Waals surface area contributed by atoms with E-state index in [2.05, 4.69) is 38.9 Å². The van der Waals surface area contributed by atoms with Gasteiger partial charge in [0.05, 0.1) is 0 Å². The molecule has 0 saturated heterocycles. The van der Waals surface area contributed by atoms with Crippen molar-refractivity contribution >= 4 is 6.21 Å². The van der Waals surface area contributed by atoms with Crippen molar-refractivity contribution in [2.75, 3.05) is 7.05 Å². The highest BCUT2D eigenvalue weighted by Crippen LogP contribution is 2.21. The van der Waals surface area contributed by atoms with Crippen LogP contribution in [0.3, 0.4) is 0 Å². The molecule has 0 saturated carbocycles. The number of rotatable bonds is 5. The lowest BCUT2D eigenvalue weighted by Gasteiger charge is -2.10. The molecule has 0 atom stereocenters. The van der Waals surface area contributed by atoms with E-state index in [1.807, 2.05) is 18.4 Å². The Kier molecular flexibility index (Phi) is 6.35. The minimum absolute atomic E-state index is 0.948. The largest absolute Gasteiger partial charge is 0.296 e. The van der Waals surface area contributed by atoms with Crippen molar-refractivity contribution in [2.45, 2.75) is 27.2 Å². The molecule has 82 valence electrons. The summed E-state index contributed by atoms with van der Waals surface area (Å²) in [5.74, 6) is 0. The molecule has 0 amide bonds. The summed E-state index contributed by atoms with van der Waals surface area (Å²) in [5.41, 5.74) is 4.74. The molecule has 0 rings (SSSR count). The van der Waals surface area contributed by atoms with Gasteiger partial charge in [-0.25, -0.2) is 0 Å². The Hall–Kier alpha value is -1.37. The summed E-state index contributed by atoms with van der Waals surface area (Å²) in [6.45, 7) is 14.0. The van der Waals surface area contributed by atoms with Gasteiger partial charge in [-0.1, -0.05) is 37.8 Å². The molecule has 0 heterocycles. The Morgan fingerprint density at radius 1 is 1.13 bits per heavy atom. The van der Waals surface area contributed by atoms with Crippen LogP contribution in [0.5, 0.6) is 0 Å². The highest BCUT2D eigenvalue weighted by Gasteiger charge is 2.04. The molecule has 0 radical (unpaired) electrons. The molecule has 0 aromatic heterocycles. The number of aliphatic imine (C=N–C) groups is 1. The van der Waals surface area contributed by atoms with Gasteiger partial charge in [0.1, 0.15) is 0 Å². The summed E-state index contributed by atoms with van der Waals surface area (Å²) in [6, 6.07) is 0. The van der Waals surface area contributed by atoms with Crippen LogP contribution >= 0.6 is 0 Å². The quantitative estimate of drug-likeness (QED) is 0.471. The molecule has 1 heteroatoms. The average molecular weight is 203 g/mol. The van der Waals surface area contributed by atoms with Crippen LogP contribution in [0.15, 0.2) is 52.6 Å². The molecule has 0 spiro atoms. The smallest absolute Gasteiger partial charge is 0.0277 e. The highest BCUT2D eigenvalue weighted by atomic mass is 14.6. The zero-order valence-electron chi connectivity index (χ0n) is 10.3. The van der Waals surface area contributed by atoms with Crippen LogP contribution in [0.4, 0.5) is 0 Å². The third kappa shape index (κ3) is 3.70. The fraction of sp³-hybridized carbons (Fsp3) is 0.357. The van der Waals surface area contributed by atoms with E-state index in [4.69, 9.17) is 0 Å². The van der Waals surface area contributed by atoms with Crippen molar-refractivity contribution in [3.63, 3.8) is 0 Å². The second kappa shape index (κ2) is 6.99. The molecule has 0 aromatic rings. The molecule has 0 unspecified atom stereocenters. The van der Waals surface area contributed by atoms with Gasteiger partial charge >= 0.3 is 0 Å². The van der Waals surface area contributed by atoms with Gasteiger partial charge in [-0.15, -0.1) is 0 Å². The van der Waals surface area contributed by atoms with Crippen LogP contribution in [-0.4, -0.2) is 13.3 Å². The summed E-state index contributed by atoms with van der Waals surface area (Å²) < 4.78 is 0. The second-order valence-corrected chi connectivity index (χ2v) is 3.50. The molecule has 0 N–H and O–H groups in total. The minimum atomic E-state index is 0.948. The van der Waals surface area contributed by atoms with E-state index in [9.17, 15) is 0 Å². The lowest BCUT2D eigenvalue weighted by atomic mass is 9.95. The maximum Gasteiger partial charge on any atom is 0.0277 e. The molecular formula is C14H21N. The van der Waals surface area contributed by atoms with E-state index in [1.165, 1.54) is 11.1 Å². The van der Waals surface area contributed by atoms with Crippen molar-refractivity contribution in [2.24, 2.45) is 4.99 Å². The Labute approximate surface area is 93.6 Å². The molecule has 0 fully saturated rings. The van der Waals surface area contributed by atoms with Crippen molar-refractivity contribution in [3.05, 3.63) is 47.6 Å². The molecule has 0 aliphatic carbocycles. The average Bonchev–Trinajstić information content (AvgIpc) is 2.22. The van der Waals surface area contributed by atoms with E-state index < -0.39 is 0 Å². The van der Waals surface area contributed by atoms with Gasteiger partial charge in [0, 0.05) is 13.3 Å². The number of hydrogen-bond donors (Lipinski definition) is 0. The Balaban J connectivity index is 5.65. The third-order valence-electron chi connectivity index (χ3n) is 2.25. The van der Waals surface area contributed by atoms with E-state index >= 15 is 0 Å². The highest BCUT2D eigenvalue weighted by molar-refractivity contribution is 5.82. The van der Waals surface area contributed by atoms with E-state index in [0.717, 1.165) is 17.6 Å². The SMILES string of the molecule is C=CC(=C(C)C)/C(C=C)=C(/C=NC)CC. The van der Waals surface area contributed by atoms with Crippen LogP contribution < -0.4 is 0 Å². The zero-order chi connectivity index (χ0) is 11.8. The van der Waals surface area contributed by atoms with E-state index in [-0.39, 0.29) is 0 Å². The van der Waals surface area contributed by atoms with E-state index in [0.29, 0.717) is 0 Å². The lowest BCUT2D eigenvalue weighted by Crippen LogP contribution is -1.94. The monoisotopic (exact) mass is 203 g/mol. The fourth-order valence-corrected chi connectivity index (χ4v) is 1.50. The first-order valence-corrected chi connectivity index (χ1v) is 5.20. The maximum atomic E-state index is 4.06. The molecule has 15 heavy (non-hydrogen) atoms. The summed E-state index contributed by atoms with van der Waals surface area (Å²) >= 11 is 0. The third-order valence-corrected chi connectivity index (χ3v) is 2.25. The molecule has 0 aliphatic heterocycles. The molecule has 1 nitrogen and oxygen atoms in total. The van der Waals surface area contributed by atoms with Crippen molar-refractivity contribution in [3.8, 4) is 0 Å². The van der Waals surface area contributed by atoms with Crippen LogP contribution in [0.1, 0.15) is 27.2 Å². The Bertz CT molecular complexity index is 323. The zero-order valence-corrected chi connectivity index (χ0v) is 10.3. The normalized spacial score (nSPS) is 12.3. The minimum Gasteiger partial charge on any atom is -0.296 e. The first-order chi connectivity index (χ1) is 7.12. The Morgan fingerprint density at radius 3 is 1.93 bits per heavy atom. The fourth-order valence-electron chi connectivity index (χ4n) is 1.50. The van der Waals surface area contributed by atoms with Crippen LogP contribution in [0.25, 0.3) is 0 Å². The maximum absolute atomic E-state index is 4.06. The molecular weight excluding hydrogens is 182 g/mol. The molecule has 0 bridgehead atoms. The number of nitrogens with zero attached hydrogens (tertiary/aromatic N) is 1. The van der Waals surface area contributed by atoms with Gasteiger partial charge in [0.25, 0.3) is 0 Å². The first kappa shape index (κ1) is 13.6. The molecule has 0 aliphatic rings. The van der Waals surface area contributed by atoms with Gasteiger partial charge in [-0.3, -0.25) is 4.99 Å². The van der Waals surface area contributed by atoms with Gasteiger partial charge in [0.2, 0.25) is 0 Å². The van der Waals surface area contributed by atoms with Crippen LogP contribution in [0, 0.1) is 0 Å². The van der Waals surface area contributed by atoms with Gasteiger partial charge in [0.15, 0.2) is 0 Å². The van der Waals surface area contributed by atoms with Crippen LogP contribution in [0.2, 0.25) is 0 Å². The van der Waals surface area contributed by atoms with Gasteiger partial charge < -0.3 is 0 Å². The summed E-state index contributed by atoms with van der Waals surface area (Å²) in [5, 5.41) is 0.